The number of ether oxygens (including phenoxy) is 1. The molecule has 5 nitrogen and oxygen atoms in total. The van der Waals surface area contributed by atoms with Crippen molar-refractivity contribution in [3.63, 3.8) is 0 Å². The second-order valence-electron chi connectivity index (χ2n) is 4.39. The van der Waals surface area contributed by atoms with Crippen LogP contribution in [0.15, 0.2) is 16.3 Å². The molecular formula is C11H14ClNO4S2. The second-order valence-corrected chi connectivity index (χ2v) is 8.35. The minimum atomic E-state index is -3.69. The molecule has 19 heavy (non-hydrogen) atoms. The van der Waals surface area contributed by atoms with E-state index in [4.69, 9.17) is 15.4 Å². The van der Waals surface area contributed by atoms with Gasteiger partial charge in [-0.25, -0.2) is 8.42 Å². The van der Waals surface area contributed by atoms with Crippen LogP contribution in [0.25, 0.3) is 0 Å². The highest BCUT2D eigenvalue weighted by Crippen LogP contribution is 2.25. The van der Waals surface area contributed by atoms with Gasteiger partial charge in [-0.3, -0.25) is 4.79 Å². The highest BCUT2D eigenvalue weighted by molar-refractivity contribution is 8.15. The maximum atomic E-state index is 11.8. The summed E-state index contributed by atoms with van der Waals surface area (Å²) in [6.07, 6.45) is 1.32. The van der Waals surface area contributed by atoms with E-state index in [9.17, 15) is 13.2 Å². The van der Waals surface area contributed by atoms with Crippen LogP contribution in [0.5, 0.6) is 0 Å². The lowest BCUT2D eigenvalue weighted by Gasteiger charge is -2.10. The van der Waals surface area contributed by atoms with E-state index >= 15 is 0 Å². The molecule has 2 heterocycles. The number of rotatable bonds is 4. The standard InChI is InChI=1S/C11H14ClNO4S2/c1-7-2-4-9(17-7)11(14)13-6-8-3-5-10(18-8)19(12,15)16/h3,5,7,9H,2,4,6H2,1H3,(H,13,14). The minimum Gasteiger partial charge on any atom is -0.365 e. The first kappa shape index (κ1) is 14.8. The van der Waals surface area contributed by atoms with E-state index in [0.29, 0.717) is 0 Å². The molecule has 1 saturated heterocycles. The van der Waals surface area contributed by atoms with Gasteiger partial charge in [0.25, 0.3) is 9.05 Å². The first-order valence-corrected chi connectivity index (χ1v) is 8.95. The first-order valence-electron chi connectivity index (χ1n) is 5.83. The van der Waals surface area contributed by atoms with Gasteiger partial charge in [-0.2, -0.15) is 0 Å². The molecule has 1 aromatic heterocycles. The van der Waals surface area contributed by atoms with Crippen LogP contribution in [0.1, 0.15) is 24.6 Å². The van der Waals surface area contributed by atoms with E-state index < -0.39 is 15.2 Å². The number of thiophene rings is 1. The van der Waals surface area contributed by atoms with E-state index in [1.165, 1.54) is 6.07 Å². The van der Waals surface area contributed by atoms with Crippen LogP contribution >= 0.6 is 22.0 Å². The number of carbonyl (C=O) groups is 1. The highest BCUT2D eigenvalue weighted by Gasteiger charge is 2.27. The molecule has 8 heteroatoms. The molecule has 1 N–H and O–H groups in total. The Labute approximate surface area is 120 Å². The fourth-order valence-electron chi connectivity index (χ4n) is 1.87. The van der Waals surface area contributed by atoms with Crippen molar-refractivity contribution in [2.75, 3.05) is 0 Å². The normalized spacial score (nSPS) is 23.5. The molecule has 0 bridgehead atoms. The maximum absolute atomic E-state index is 11.8. The van der Waals surface area contributed by atoms with Crippen molar-refractivity contribution in [3.05, 3.63) is 17.0 Å². The van der Waals surface area contributed by atoms with Gasteiger partial charge in [-0.1, -0.05) is 0 Å². The zero-order chi connectivity index (χ0) is 14.0. The summed E-state index contributed by atoms with van der Waals surface area (Å²) in [5.41, 5.74) is 0. The Balaban J connectivity index is 1.89. The smallest absolute Gasteiger partial charge is 0.270 e. The van der Waals surface area contributed by atoms with Crippen molar-refractivity contribution >= 4 is 37.0 Å². The number of amides is 1. The van der Waals surface area contributed by atoms with Crippen LogP contribution in [0, 0.1) is 0 Å². The summed E-state index contributed by atoms with van der Waals surface area (Å²) in [6, 6.07) is 3.07. The SMILES string of the molecule is CC1CCC(C(=O)NCc2ccc(S(=O)(=O)Cl)s2)O1. The van der Waals surface area contributed by atoms with Gasteiger partial charge in [-0.15, -0.1) is 11.3 Å². The Morgan fingerprint density at radius 1 is 1.53 bits per heavy atom. The van der Waals surface area contributed by atoms with Crippen molar-refractivity contribution < 1.29 is 17.9 Å². The van der Waals surface area contributed by atoms with Crippen LogP contribution < -0.4 is 5.32 Å². The third-order valence-electron chi connectivity index (χ3n) is 2.84. The zero-order valence-corrected chi connectivity index (χ0v) is 12.6. The highest BCUT2D eigenvalue weighted by atomic mass is 35.7. The van der Waals surface area contributed by atoms with E-state index in [2.05, 4.69) is 5.32 Å². The van der Waals surface area contributed by atoms with Gasteiger partial charge >= 0.3 is 0 Å². The fourth-order valence-corrected chi connectivity index (χ4v) is 3.93. The third kappa shape index (κ3) is 3.92. The number of hydrogen-bond acceptors (Lipinski definition) is 5. The summed E-state index contributed by atoms with van der Waals surface area (Å²) < 4.78 is 27.7. The summed E-state index contributed by atoms with van der Waals surface area (Å²) in [7, 11) is 1.54. The van der Waals surface area contributed by atoms with Crippen molar-refractivity contribution in [3.8, 4) is 0 Å². The molecule has 1 amide bonds. The number of carbonyl (C=O) groups excluding carboxylic acids is 1. The van der Waals surface area contributed by atoms with Gasteiger partial charge < -0.3 is 10.1 Å². The number of nitrogens with one attached hydrogen (secondary N) is 1. The fraction of sp³-hybridized carbons (Fsp3) is 0.545. The molecule has 2 atom stereocenters. The molecule has 0 aliphatic carbocycles. The predicted molar refractivity (Wildman–Crippen MR) is 72.8 cm³/mol. The lowest BCUT2D eigenvalue weighted by Crippen LogP contribution is -2.33. The van der Waals surface area contributed by atoms with Crippen molar-refractivity contribution in [1.29, 1.82) is 0 Å². The van der Waals surface area contributed by atoms with E-state index in [1.54, 1.807) is 6.07 Å². The van der Waals surface area contributed by atoms with Gasteiger partial charge in [0.15, 0.2) is 0 Å². The molecule has 1 aliphatic rings. The molecule has 0 aromatic carbocycles. The van der Waals surface area contributed by atoms with Crippen LogP contribution in [0.3, 0.4) is 0 Å². The van der Waals surface area contributed by atoms with Crippen molar-refractivity contribution in [2.45, 2.75) is 42.7 Å². The van der Waals surface area contributed by atoms with Crippen LogP contribution in [-0.2, 0) is 25.1 Å². The van der Waals surface area contributed by atoms with Crippen LogP contribution in [0.4, 0.5) is 0 Å². The molecule has 1 aromatic rings. The Hall–Kier alpha value is -0.630. The summed E-state index contributed by atoms with van der Waals surface area (Å²) in [6.45, 7) is 2.22. The average Bonchev–Trinajstić information content (AvgIpc) is 2.93. The molecule has 0 saturated carbocycles. The summed E-state index contributed by atoms with van der Waals surface area (Å²) in [5.74, 6) is -0.159. The monoisotopic (exact) mass is 323 g/mol. The Morgan fingerprint density at radius 2 is 2.26 bits per heavy atom. The molecule has 0 spiro atoms. The third-order valence-corrected chi connectivity index (χ3v) is 6.02. The first-order chi connectivity index (χ1) is 8.86. The summed E-state index contributed by atoms with van der Waals surface area (Å²) >= 11 is 1.05. The quantitative estimate of drug-likeness (QED) is 0.858. The molecule has 1 aliphatic heterocycles. The lowest BCUT2D eigenvalue weighted by atomic mass is 10.2. The topological polar surface area (TPSA) is 72.5 Å². The number of halogens is 1. The van der Waals surface area contributed by atoms with E-state index in [-0.39, 0.29) is 22.8 Å². The minimum absolute atomic E-state index is 0.0872. The largest absolute Gasteiger partial charge is 0.365 e. The van der Waals surface area contributed by atoms with E-state index in [0.717, 1.165) is 29.1 Å². The second kappa shape index (κ2) is 5.78. The maximum Gasteiger partial charge on any atom is 0.270 e. The van der Waals surface area contributed by atoms with Gasteiger partial charge in [0.2, 0.25) is 5.91 Å². The zero-order valence-electron chi connectivity index (χ0n) is 10.3. The molecule has 1 fully saturated rings. The van der Waals surface area contributed by atoms with Crippen molar-refractivity contribution in [1.82, 2.24) is 5.32 Å². The molecule has 2 rings (SSSR count). The van der Waals surface area contributed by atoms with Crippen LogP contribution in [0.2, 0.25) is 0 Å². The van der Waals surface area contributed by atoms with Crippen LogP contribution in [-0.4, -0.2) is 26.5 Å². The lowest BCUT2D eigenvalue weighted by molar-refractivity contribution is -0.131. The molecular weight excluding hydrogens is 310 g/mol. The molecule has 0 radical (unpaired) electrons. The Morgan fingerprint density at radius 3 is 2.79 bits per heavy atom. The van der Waals surface area contributed by atoms with Gasteiger partial charge in [0, 0.05) is 15.6 Å². The predicted octanol–water partition coefficient (Wildman–Crippen LogP) is 1.86. The number of hydrogen-bond donors (Lipinski definition) is 1. The summed E-state index contributed by atoms with van der Waals surface area (Å²) in [4.78, 5) is 12.5. The van der Waals surface area contributed by atoms with Gasteiger partial charge in [0.05, 0.1) is 12.6 Å². The van der Waals surface area contributed by atoms with Gasteiger partial charge in [0.1, 0.15) is 10.3 Å². The summed E-state index contributed by atoms with van der Waals surface area (Å²) in [5, 5.41) is 2.73. The van der Waals surface area contributed by atoms with Gasteiger partial charge in [-0.05, 0) is 31.9 Å². The molecule has 106 valence electrons. The van der Waals surface area contributed by atoms with E-state index in [1.807, 2.05) is 6.92 Å². The Bertz CT molecular complexity index is 569. The average molecular weight is 324 g/mol. The Kier molecular flexibility index (Phi) is 4.50. The van der Waals surface area contributed by atoms with Crippen molar-refractivity contribution in [2.24, 2.45) is 0 Å². The molecule has 2 unspecified atom stereocenters.